The van der Waals surface area contributed by atoms with Gasteiger partial charge in [0.25, 0.3) is 0 Å². The molecule has 0 spiro atoms. The summed E-state index contributed by atoms with van der Waals surface area (Å²) in [5.74, 6) is 0.434. The molecule has 33 heavy (non-hydrogen) atoms. The maximum absolute atomic E-state index is 13.6. The number of nitriles is 1. The third kappa shape index (κ3) is 5.99. The van der Waals surface area contributed by atoms with Gasteiger partial charge in [-0.2, -0.15) is 18.4 Å². The Morgan fingerprint density at radius 2 is 1.88 bits per heavy atom. The number of halogens is 4. The van der Waals surface area contributed by atoms with Gasteiger partial charge in [0.2, 0.25) is 0 Å². The maximum Gasteiger partial charge on any atom is 0.416 e. The summed E-state index contributed by atoms with van der Waals surface area (Å²) in [5.41, 5.74) is 1.88. The molecule has 1 saturated heterocycles. The highest BCUT2D eigenvalue weighted by molar-refractivity contribution is 6.31. The second-order valence-electron chi connectivity index (χ2n) is 9.28. The smallest absolute Gasteiger partial charge is 0.300 e. The molecule has 2 nitrogen and oxygen atoms in total. The molecule has 2 aromatic carbocycles. The van der Waals surface area contributed by atoms with Crippen LogP contribution in [0.4, 0.5) is 13.2 Å². The predicted octanol–water partition coefficient (Wildman–Crippen LogP) is 7.51. The van der Waals surface area contributed by atoms with E-state index in [-0.39, 0.29) is 6.42 Å². The van der Waals surface area contributed by atoms with Crippen LogP contribution in [0.15, 0.2) is 48.0 Å². The molecule has 0 N–H and O–H groups in total. The summed E-state index contributed by atoms with van der Waals surface area (Å²) in [7, 11) is 0. The van der Waals surface area contributed by atoms with Crippen LogP contribution in [0, 0.1) is 17.2 Å². The van der Waals surface area contributed by atoms with Gasteiger partial charge in [-0.3, -0.25) is 0 Å². The monoisotopic (exact) mass is 472 g/mol. The Morgan fingerprint density at radius 3 is 2.58 bits per heavy atom. The Hall–Kier alpha value is -2.29. The highest BCUT2D eigenvalue weighted by atomic mass is 35.5. The molecule has 2 aromatic rings. The van der Waals surface area contributed by atoms with Gasteiger partial charge < -0.3 is 4.90 Å². The van der Waals surface area contributed by atoms with E-state index >= 15 is 0 Å². The first-order valence-corrected chi connectivity index (χ1v) is 12.0. The third-order valence-electron chi connectivity index (χ3n) is 6.93. The van der Waals surface area contributed by atoms with E-state index in [1.165, 1.54) is 31.7 Å². The molecule has 0 bridgehead atoms. The zero-order valence-electron chi connectivity index (χ0n) is 18.5. The molecule has 6 heteroatoms. The van der Waals surface area contributed by atoms with Crippen molar-refractivity contribution in [2.24, 2.45) is 5.92 Å². The average Bonchev–Trinajstić information content (AvgIpc) is 3.45. The second kappa shape index (κ2) is 10.3. The Morgan fingerprint density at radius 1 is 1.12 bits per heavy atom. The topological polar surface area (TPSA) is 27.0 Å². The molecule has 0 radical (unpaired) electrons. The van der Waals surface area contributed by atoms with Crippen LogP contribution in [0.25, 0.3) is 6.08 Å². The zero-order valence-corrected chi connectivity index (χ0v) is 19.3. The molecule has 1 aliphatic carbocycles. The lowest BCUT2D eigenvalue weighted by Gasteiger charge is -2.24. The summed E-state index contributed by atoms with van der Waals surface area (Å²) in [4.78, 5) is 2.58. The lowest BCUT2D eigenvalue weighted by molar-refractivity contribution is -0.138. The molecule has 2 fully saturated rings. The fourth-order valence-corrected chi connectivity index (χ4v) is 5.56. The van der Waals surface area contributed by atoms with Gasteiger partial charge >= 0.3 is 6.18 Å². The highest BCUT2D eigenvalue weighted by Crippen LogP contribution is 2.36. The average molecular weight is 473 g/mol. The first-order chi connectivity index (χ1) is 15.8. The summed E-state index contributed by atoms with van der Waals surface area (Å²) in [6.45, 7) is 2.08. The van der Waals surface area contributed by atoms with Crippen LogP contribution >= 0.6 is 11.6 Å². The van der Waals surface area contributed by atoms with E-state index in [0.29, 0.717) is 28.1 Å². The highest BCUT2D eigenvalue weighted by Gasteiger charge is 2.34. The standard InChI is InChI=1S/C27H28ClF3N2/c28-26-16-19(9-10-23(26)17-32)13-21(15-22-5-1-4-8-25(22)27(29,30)31)14-20-11-12-33(18-20)24-6-2-3-7-24/h1,4-5,8-10,13,16,20,24H,2-3,6-7,11-12,14-15,18H2/b21-13-. The largest absolute Gasteiger partial charge is 0.416 e. The van der Waals surface area contributed by atoms with Crippen LogP contribution in [-0.4, -0.2) is 24.0 Å². The zero-order chi connectivity index (χ0) is 23.4. The Labute approximate surface area is 198 Å². The van der Waals surface area contributed by atoms with Crippen molar-refractivity contribution < 1.29 is 13.2 Å². The van der Waals surface area contributed by atoms with Crippen molar-refractivity contribution in [2.75, 3.05) is 13.1 Å². The van der Waals surface area contributed by atoms with Gasteiger partial charge in [0, 0.05) is 12.6 Å². The van der Waals surface area contributed by atoms with Gasteiger partial charge in [-0.15, -0.1) is 0 Å². The van der Waals surface area contributed by atoms with E-state index in [4.69, 9.17) is 16.9 Å². The molecular formula is C27H28ClF3N2. The normalized spacial score (nSPS) is 20.3. The van der Waals surface area contributed by atoms with Gasteiger partial charge in [-0.25, -0.2) is 0 Å². The van der Waals surface area contributed by atoms with E-state index in [1.807, 2.05) is 12.1 Å². The van der Waals surface area contributed by atoms with Gasteiger partial charge in [0.1, 0.15) is 6.07 Å². The van der Waals surface area contributed by atoms with Crippen LogP contribution in [0.2, 0.25) is 5.02 Å². The number of allylic oxidation sites excluding steroid dienone is 1. The minimum atomic E-state index is -4.38. The molecule has 1 aliphatic heterocycles. The van der Waals surface area contributed by atoms with Crippen LogP contribution < -0.4 is 0 Å². The van der Waals surface area contributed by atoms with Gasteiger partial charge in [0.05, 0.1) is 16.1 Å². The molecular weight excluding hydrogens is 445 g/mol. The lowest BCUT2D eigenvalue weighted by Crippen LogP contribution is -2.31. The molecule has 2 aliphatic rings. The minimum absolute atomic E-state index is 0.243. The first-order valence-electron chi connectivity index (χ1n) is 11.6. The van der Waals surface area contributed by atoms with E-state index in [0.717, 1.165) is 43.1 Å². The van der Waals surface area contributed by atoms with Gasteiger partial charge in [-0.1, -0.05) is 60.4 Å². The van der Waals surface area contributed by atoms with E-state index in [9.17, 15) is 13.2 Å². The number of rotatable bonds is 6. The van der Waals surface area contributed by atoms with Crippen molar-refractivity contribution in [3.05, 3.63) is 75.3 Å². The minimum Gasteiger partial charge on any atom is -0.300 e. The molecule has 1 unspecified atom stereocenters. The number of likely N-dealkylation sites (tertiary alicyclic amines) is 1. The Balaban J connectivity index is 1.59. The summed E-state index contributed by atoms with van der Waals surface area (Å²) in [5, 5.41) is 9.49. The molecule has 1 saturated carbocycles. The summed E-state index contributed by atoms with van der Waals surface area (Å²) < 4.78 is 40.8. The number of benzene rings is 2. The predicted molar refractivity (Wildman–Crippen MR) is 126 cm³/mol. The molecule has 174 valence electrons. The van der Waals surface area contributed by atoms with Crippen LogP contribution in [0.1, 0.15) is 60.8 Å². The molecule has 1 heterocycles. The molecule has 1 atom stereocenters. The van der Waals surface area contributed by atoms with E-state index in [2.05, 4.69) is 4.90 Å². The first kappa shape index (κ1) is 23.9. The Kier molecular flexibility index (Phi) is 7.46. The Bertz CT molecular complexity index is 1050. The van der Waals surface area contributed by atoms with Crippen molar-refractivity contribution in [1.29, 1.82) is 5.26 Å². The maximum atomic E-state index is 13.6. The molecule has 0 aromatic heterocycles. The van der Waals surface area contributed by atoms with Crippen LogP contribution in [0.3, 0.4) is 0 Å². The molecule has 0 amide bonds. The van der Waals surface area contributed by atoms with E-state index < -0.39 is 11.7 Å². The number of nitrogens with zero attached hydrogens (tertiary/aromatic N) is 2. The molecule has 4 rings (SSSR count). The number of hydrogen-bond donors (Lipinski definition) is 0. The summed E-state index contributed by atoms with van der Waals surface area (Å²) in [6, 6.07) is 13.7. The van der Waals surface area contributed by atoms with Crippen molar-refractivity contribution in [3.63, 3.8) is 0 Å². The van der Waals surface area contributed by atoms with Gasteiger partial charge in [-0.05, 0) is 73.9 Å². The summed E-state index contributed by atoms with van der Waals surface area (Å²) in [6.07, 6.45) is 4.76. The fraction of sp³-hybridized carbons (Fsp3) is 0.444. The van der Waals surface area contributed by atoms with Crippen molar-refractivity contribution >= 4 is 17.7 Å². The third-order valence-corrected chi connectivity index (χ3v) is 7.25. The van der Waals surface area contributed by atoms with Crippen LogP contribution in [0.5, 0.6) is 0 Å². The number of alkyl halides is 3. The van der Waals surface area contributed by atoms with Crippen LogP contribution in [-0.2, 0) is 12.6 Å². The van der Waals surface area contributed by atoms with Crippen molar-refractivity contribution in [1.82, 2.24) is 4.90 Å². The second-order valence-corrected chi connectivity index (χ2v) is 9.68. The van der Waals surface area contributed by atoms with Gasteiger partial charge in [0.15, 0.2) is 0 Å². The quantitative estimate of drug-likeness (QED) is 0.435. The van der Waals surface area contributed by atoms with Crippen molar-refractivity contribution in [2.45, 2.75) is 57.2 Å². The van der Waals surface area contributed by atoms with Crippen molar-refractivity contribution in [3.8, 4) is 6.07 Å². The number of hydrogen-bond acceptors (Lipinski definition) is 2. The fourth-order valence-electron chi connectivity index (χ4n) is 5.33. The summed E-state index contributed by atoms with van der Waals surface area (Å²) >= 11 is 6.21. The SMILES string of the molecule is N#Cc1ccc(/C=C(\Cc2ccccc2C(F)(F)F)CC2CCN(C3CCCC3)C2)cc1Cl. The van der Waals surface area contributed by atoms with E-state index in [1.54, 1.807) is 30.3 Å². The lowest BCUT2D eigenvalue weighted by atomic mass is 9.90.